The second-order valence-electron chi connectivity index (χ2n) is 7.10. The molecule has 2 N–H and O–H groups in total. The van der Waals surface area contributed by atoms with Crippen LogP contribution in [0.5, 0.6) is 0 Å². The van der Waals surface area contributed by atoms with Gasteiger partial charge in [-0.1, -0.05) is 30.3 Å². The fourth-order valence-electron chi connectivity index (χ4n) is 3.02. The van der Waals surface area contributed by atoms with Crippen molar-refractivity contribution in [2.24, 2.45) is 0 Å². The van der Waals surface area contributed by atoms with Gasteiger partial charge in [0.15, 0.2) is 0 Å². The molecule has 0 aliphatic rings. The van der Waals surface area contributed by atoms with Crippen LogP contribution < -0.4 is 15.5 Å². The fourth-order valence-corrected chi connectivity index (χ4v) is 3.02. The second kappa shape index (κ2) is 9.05. The summed E-state index contributed by atoms with van der Waals surface area (Å²) in [6.45, 7) is 0.623. The van der Waals surface area contributed by atoms with Crippen LogP contribution >= 0.6 is 0 Å². The summed E-state index contributed by atoms with van der Waals surface area (Å²) >= 11 is 0. The normalized spacial score (nSPS) is 10.5. The van der Waals surface area contributed by atoms with Crippen molar-refractivity contribution in [3.05, 3.63) is 90.8 Å². The van der Waals surface area contributed by atoms with Gasteiger partial charge in [0.1, 0.15) is 5.82 Å². The number of nitrogens with one attached hydrogen (secondary N) is 2. The Morgan fingerprint density at radius 1 is 0.833 bits per heavy atom. The largest absolute Gasteiger partial charge is 0.378 e. The third kappa shape index (κ3) is 4.91. The maximum atomic E-state index is 4.71. The first-order valence-corrected chi connectivity index (χ1v) is 9.79. The Morgan fingerprint density at radius 2 is 1.57 bits per heavy atom. The molecule has 0 unspecified atom stereocenters. The van der Waals surface area contributed by atoms with Gasteiger partial charge in [-0.3, -0.25) is 4.98 Å². The van der Waals surface area contributed by atoms with Gasteiger partial charge in [0.05, 0.1) is 5.69 Å². The third-order valence-electron chi connectivity index (χ3n) is 4.65. The van der Waals surface area contributed by atoms with Crippen molar-refractivity contribution in [2.75, 3.05) is 29.6 Å². The fraction of sp³-hybridized carbons (Fsp3) is 0.125. The maximum Gasteiger partial charge on any atom is 0.225 e. The predicted molar refractivity (Wildman–Crippen MR) is 123 cm³/mol. The van der Waals surface area contributed by atoms with Gasteiger partial charge >= 0.3 is 0 Å². The minimum Gasteiger partial charge on any atom is -0.378 e. The minimum absolute atomic E-state index is 0.570. The molecule has 2 aromatic carbocycles. The van der Waals surface area contributed by atoms with E-state index in [1.54, 1.807) is 12.4 Å². The van der Waals surface area contributed by atoms with E-state index in [1.165, 1.54) is 0 Å². The molecule has 0 fully saturated rings. The molecule has 6 heteroatoms. The molecular formula is C24H24N6. The van der Waals surface area contributed by atoms with Crippen molar-refractivity contribution < 1.29 is 0 Å². The highest BCUT2D eigenvalue weighted by Gasteiger charge is 2.08. The Balaban J connectivity index is 1.61. The summed E-state index contributed by atoms with van der Waals surface area (Å²) < 4.78 is 0. The standard InChI is InChI=1S/C24H24N6/c1-30(2)21-10-8-20(9-11-21)27-23-16-22(19-6-4-3-5-7-19)28-24(29-23)26-17-18-12-14-25-15-13-18/h3-16H,17H2,1-2H3,(H2,26,27,28,29). The van der Waals surface area contributed by atoms with Gasteiger partial charge in [-0.25, -0.2) is 4.98 Å². The Kier molecular flexibility index (Phi) is 5.85. The lowest BCUT2D eigenvalue weighted by molar-refractivity contribution is 1.05. The van der Waals surface area contributed by atoms with Crippen LogP contribution in [0.25, 0.3) is 11.3 Å². The molecule has 0 bridgehead atoms. The number of benzene rings is 2. The summed E-state index contributed by atoms with van der Waals surface area (Å²) in [5.74, 6) is 1.30. The highest BCUT2D eigenvalue weighted by molar-refractivity contribution is 5.68. The average molecular weight is 396 g/mol. The number of nitrogens with zero attached hydrogens (tertiary/aromatic N) is 4. The Hall–Kier alpha value is -3.93. The van der Waals surface area contributed by atoms with Crippen LogP contribution in [-0.2, 0) is 6.54 Å². The van der Waals surface area contributed by atoms with Crippen molar-refractivity contribution in [3.63, 3.8) is 0 Å². The van der Waals surface area contributed by atoms with Gasteiger partial charge in [0.25, 0.3) is 0 Å². The molecule has 30 heavy (non-hydrogen) atoms. The molecule has 0 aliphatic carbocycles. The van der Waals surface area contributed by atoms with E-state index in [1.807, 2.05) is 74.8 Å². The molecule has 6 nitrogen and oxygen atoms in total. The molecule has 4 rings (SSSR count). The molecule has 0 atom stereocenters. The quantitative estimate of drug-likeness (QED) is 0.460. The van der Waals surface area contributed by atoms with Crippen molar-refractivity contribution in [2.45, 2.75) is 6.54 Å². The Labute approximate surface area is 176 Å². The third-order valence-corrected chi connectivity index (χ3v) is 4.65. The lowest BCUT2D eigenvalue weighted by atomic mass is 10.1. The zero-order chi connectivity index (χ0) is 20.8. The summed E-state index contributed by atoms with van der Waals surface area (Å²) in [7, 11) is 4.06. The molecular weight excluding hydrogens is 372 g/mol. The van der Waals surface area contributed by atoms with E-state index < -0.39 is 0 Å². The van der Waals surface area contributed by atoms with Gasteiger partial charge in [0.2, 0.25) is 5.95 Å². The summed E-state index contributed by atoms with van der Waals surface area (Å²) in [6.07, 6.45) is 3.56. The molecule has 150 valence electrons. The summed E-state index contributed by atoms with van der Waals surface area (Å²) in [5.41, 5.74) is 5.13. The molecule has 0 aliphatic heterocycles. The van der Waals surface area contributed by atoms with E-state index in [4.69, 9.17) is 4.98 Å². The topological polar surface area (TPSA) is 66.0 Å². The molecule has 2 heterocycles. The van der Waals surface area contributed by atoms with Crippen LogP contribution in [0, 0.1) is 0 Å². The van der Waals surface area contributed by atoms with Crippen LogP contribution in [-0.4, -0.2) is 29.0 Å². The molecule has 4 aromatic rings. The molecule has 2 aromatic heterocycles. The van der Waals surface area contributed by atoms with E-state index >= 15 is 0 Å². The van der Waals surface area contributed by atoms with Gasteiger partial charge in [-0.2, -0.15) is 4.98 Å². The van der Waals surface area contributed by atoms with Crippen molar-refractivity contribution >= 4 is 23.1 Å². The molecule has 0 spiro atoms. The summed E-state index contributed by atoms with van der Waals surface area (Å²) in [4.78, 5) is 15.5. The lowest BCUT2D eigenvalue weighted by Crippen LogP contribution is -2.08. The van der Waals surface area contributed by atoms with Crippen LogP contribution in [0.15, 0.2) is 85.2 Å². The van der Waals surface area contributed by atoms with Crippen LogP contribution in [0.2, 0.25) is 0 Å². The van der Waals surface area contributed by atoms with E-state index in [0.29, 0.717) is 12.5 Å². The van der Waals surface area contributed by atoms with Gasteiger partial charge in [-0.15, -0.1) is 0 Å². The highest BCUT2D eigenvalue weighted by Crippen LogP contribution is 2.25. The van der Waals surface area contributed by atoms with Crippen molar-refractivity contribution in [3.8, 4) is 11.3 Å². The Morgan fingerprint density at radius 3 is 2.27 bits per heavy atom. The summed E-state index contributed by atoms with van der Waals surface area (Å²) in [6, 6.07) is 24.3. The number of hydrogen-bond acceptors (Lipinski definition) is 6. The summed E-state index contributed by atoms with van der Waals surface area (Å²) in [5, 5.41) is 6.72. The minimum atomic E-state index is 0.570. The van der Waals surface area contributed by atoms with E-state index in [9.17, 15) is 0 Å². The monoisotopic (exact) mass is 396 g/mol. The average Bonchev–Trinajstić information content (AvgIpc) is 2.79. The maximum absolute atomic E-state index is 4.71. The smallest absolute Gasteiger partial charge is 0.225 e. The number of hydrogen-bond donors (Lipinski definition) is 2. The van der Waals surface area contributed by atoms with Crippen LogP contribution in [0.4, 0.5) is 23.1 Å². The van der Waals surface area contributed by atoms with E-state index in [2.05, 4.69) is 37.6 Å². The first kappa shape index (κ1) is 19.4. The molecule has 0 saturated heterocycles. The first-order valence-electron chi connectivity index (χ1n) is 9.79. The number of rotatable bonds is 7. The number of anilines is 4. The van der Waals surface area contributed by atoms with Crippen molar-refractivity contribution in [1.82, 2.24) is 15.0 Å². The second-order valence-corrected chi connectivity index (χ2v) is 7.10. The van der Waals surface area contributed by atoms with Gasteiger partial charge < -0.3 is 15.5 Å². The van der Waals surface area contributed by atoms with E-state index in [0.717, 1.165) is 34.0 Å². The Bertz CT molecular complexity index is 1080. The SMILES string of the molecule is CN(C)c1ccc(Nc2cc(-c3ccccc3)nc(NCc3ccncc3)n2)cc1. The molecule has 0 radical (unpaired) electrons. The number of pyridine rings is 1. The number of aromatic nitrogens is 3. The molecule has 0 saturated carbocycles. The van der Waals surface area contributed by atoms with Crippen LogP contribution in [0.1, 0.15) is 5.56 Å². The van der Waals surface area contributed by atoms with Crippen molar-refractivity contribution in [1.29, 1.82) is 0 Å². The van der Waals surface area contributed by atoms with E-state index in [-0.39, 0.29) is 0 Å². The zero-order valence-corrected chi connectivity index (χ0v) is 17.1. The van der Waals surface area contributed by atoms with Gasteiger partial charge in [0, 0.05) is 56.0 Å². The van der Waals surface area contributed by atoms with Crippen LogP contribution in [0.3, 0.4) is 0 Å². The molecule has 0 amide bonds. The predicted octanol–water partition coefficient (Wildman–Crippen LogP) is 4.96. The van der Waals surface area contributed by atoms with Gasteiger partial charge in [-0.05, 0) is 42.0 Å². The lowest BCUT2D eigenvalue weighted by Gasteiger charge is -2.14. The zero-order valence-electron chi connectivity index (χ0n) is 17.1. The highest BCUT2D eigenvalue weighted by atomic mass is 15.1. The first-order chi connectivity index (χ1) is 14.7.